The van der Waals surface area contributed by atoms with E-state index in [0.29, 0.717) is 23.8 Å². The Bertz CT molecular complexity index is 1330. The molecule has 0 aliphatic rings. The number of para-hydroxylation sites is 2. The van der Waals surface area contributed by atoms with Crippen LogP contribution in [0.4, 0.5) is 4.39 Å². The highest BCUT2D eigenvalue weighted by Gasteiger charge is 2.17. The topological polar surface area (TPSA) is 75.6 Å². The summed E-state index contributed by atoms with van der Waals surface area (Å²) in [5, 5.41) is 8.46. The molecule has 0 unspecified atom stereocenters. The van der Waals surface area contributed by atoms with Crippen LogP contribution < -0.4 is 5.32 Å². The number of aromatic nitrogens is 4. The van der Waals surface area contributed by atoms with Crippen molar-refractivity contribution in [3.8, 4) is 0 Å². The van der Waals surface area contributed by atoms with Gasteiger partial charge in [-0.3, -0.25) is 9.48 Å². The van der Waals surface area contributed by atoms with Crippen LogP contribution >= 0.6 is 11.3 Å². The Morgan fingerprint density at radius 2 is 2.00 bits per heavy atom. The summed E-state index contributed by atoms with van der Waals surface area (Å²) in [4.78, 5) is 21.9. The van der Waals surface area contributed by atoms with Crippen LogP contribution in [0, 0.1) is 12.7 Å². The van der Waals surface area contributed by atoms with E-state index in [1.165, 1.54) is 23.5 Å². The van der Waals surface area contributed by atoms with Gasteiger partial charge >= 0.3 is 0 Å². The van der Waals surface area contributed by atoms with Crippen molar-refractivity contribution in [2.24, 2.45) is 0 Å². The molecule has 5 rings (SSSR count). The Hall–Kier alpha value is -3.52. The fourth-order valence-corrected chi connectivity index (χ4v) is 4.51. The fraction of sp³-hybridized carbons (Fsp3) is 0.136. The van der Waals surface area contributed by atoms with Gasteiger partial charge in [0.1, 0.15) is 16.5 Å². The molecule has 150 valence electrons. The van der Waals surface area contributed by atoms with Gasteiger partial charge in [-0.25, -0.2) is 9.37 Å². The molecular weight excluding hydrogens is 401 g/mol. The zero-order chi connectivity index (χ0) is 20.7. The number of aryl methyl sites for hydroxylation is 1. The zero-order valence-corrected chi connectivity index (χ0v) is 17.0. The number of nitrogens with zero attached hydrogens (tertiary/aromatic N) is 3. The Morgan fingerprint density at radius 3 is 2.80 bits per heavy atom. The number of hydrogen-bond acceptors (Lipinski definition) is 4. The Labute approximate surface area is 175 Å². The minimum absolute atomic E-state index is 0.149. The maximum Gasteiger partial charge on any atom is 0.261 e. The lowest BCUT2D eigenvalue weighted by atomic mass is 10.2. The number of benzene rings is 2. The molecule has 0 aliphatic heterocycles. The number of hydrogen-bond donors (Lipinski definition) is 2. The third kappa shape index (κ3) is 3.46. The van der Waals surface area contributed by atoms with Gasteiger partial charge in [0.15, 0.2) is 0 Å². The van der Waals surface area contributed by atoms with Crippen molar-refractivity contribution in [2.75, 3.05) is 0 Å². The van der Waals surface area contributed by atoms with E-state index in [2.05, 4.69) is 20.4 Å². The van der Waals surface area contributed by atoms with Crippen LogP contribution in [0.3, 0.4) is 0 Å². The molecule has 0 fully saturated rings. The van der Waals surface area contributed by atoms with Gasteiger partial charge in [0.05, 0.1) is 34.7 Å². The first kappa shape index (κ1) is 18.5. The highest BCUT2D eigenvalue weighted by molar-refractivity contribution is 7.20. The minimum atomic E-state index is -0.264. The molecule has 0 radical (unpaired) electrons. The predicted octanol–water partition coefficient (Wildman–Crippen LogP) is 4.40. The van der Waals surface area contributed by atoms with Crippen LogP contribution in [-0.4, -0.2) is 25.7 Å². The number of imidazole rings is 1. The third-order valence-corrected chi connectivity index (χ3v) is 6.08. The molecule has 0 spiro atoms. The molecule has 2 aromatic carbocycles. The molecule has 3 aromatic heterocycles. The molecule has 2 N–H and O–H groups in total. The van der Waals surface area contributed by atoms with E-state index in [-0.39, 0.29) is 11.7 Å². The molecule has 0 saturated heterocycles. The van der Waals surface area contributed by atoms with Crippen molar-refractivity contribution >= 4 is 38.5 Å². The van der Waals surface area contributed by atoms with E-state index in [4.69, 9.17) is 0 Å². The summed E-state index contributed by atoms with van der Waals surface area (Å²) < 4.78 is 15.0. The van der Waals surface area contributed by atoms with E-state index < -0.39 is 0 Å². The van der Waals surface area contributed by atoms with Crippen molar-refractivity contribution in [1.29, 1.82) is 0 Å². The number of halogens is 1. The van der Waals surface area contributed by atoms with Gasteiger partial charge in [-0.1, -0.05) is 24.3 Å². The monoisotopic (exact) mass is 419 g/mol. The molecule has 30 heavy (non-hydrogen) atoms. The van der Waals surface area contributed by atoms with Crippen LogP contribution in [0.5, 0.6) is 0 Å². The summed E-state index contributed by atoms with van der Waals surface area (Å²) >= 11 is 1.40. The second-order valence-corrected chi connectivity index (χ2v) is 8.11. The van der Waals surface area contributed by atoms with Crippen molar-refractivity contribution in [2.45, 2.75) is 20.0 Å². The van der Waals surface area contributed by atoms with E-state index in [0.717, 1.165) is 32.5 Å². The summed E-state index contributed by atoms with van der Waals surface area (Å²) in [5.74, 6) is 0.300. The molecule has 0 bridgehead atoms. The maximum absolute atomic E-state index is 13.2. The second kappa shape index (κ2) is 7.38. The number of rotatable bonds is 5. The fourth-order valence-electron chi connectivity index (χ4n) is 3.43. The van der Waals surface area contributed by atoms with Crippen LogP contribution in [0.2, 0.25) is 0 Å². The maximum atomic E-state index is 13.2. The van der Waals surface area contributed by atoms with Crippen molar-refractivity contribution in [3.63, 3.8) is 0 Å². The van der Waals surface area contributed by atoms with Gasteiger partial charge in [-0.2, -0.15) is 5.10 Å². The minimum Gasteiger partial charge on any atom is -0.344 e. The molecule has 0 saturated carbocycles. The summed E-state index contributed by atoms with van der Waals surface area (Å²) in [6.45, 7) is 2.76. The molecular formula is C22H18FN5OS. The smallest absolute Gasteiger partial charge is 0.261 e. The number of H-pyrrole nitrogens is 1. The van der Waals surface area contributed by atoms with E-state index in [1.54, 1.807) is 12.1 Å². The predicted molar refractivity (Wildman–Crippen MR) is 115 cm³/mol. The van der Waals surface area contributed by atoms with Gasteiger partial charge in [0.25, 0.3) is 5.91 Å². The lowest BCUT2D eigenvalue weighted by Gasteiger charge is -2.03. The van der Waals surface area contributed by atoms with Gasteiger partial charge in [-0.05, 0) is 42.8 Å². The van der Waals surface area contributed by atoms with Gasteiger partial charge in [0.2, 0.25) is 0 Å². The number of aromatic amines is 1. The third-order valence-electron chi connectivity index (χ3n) is 4.93. The number of fused-ring (bicyclic) bond motifs is 2. The van der Waals surface area contributed by atoms with E-state index >= 15 is 0 Å². The Balaban J connectivity index is 1.35. The molecule has 0 aliphatic carbocycles. The normalized spacial score (nSPS) is 11.4. The summed E-state index contributed by atoms with van der Waals surface area (Å²) in [6, 6.07) is 16.0. The molecule has 6 nitrogen and oxygen atoms in total. The average molecular weight is 419 g/mol. The standard InChI is InChI=1S/C22H18FN5OS/c1-13-16-10-19(21(29)24-11-20-25-17-4-2-3-5-18(17)26-20)30-22(16)28(27-13)12-14-6-8-15(23)9-7-14/h2-10H,11-12H2,1H3,(H,24,29)(H,25,26). The number of thiophene rings is 1. The van der Waals surface area contributed by atoms with Gasteiger partial charge < -0.3 is 10.3 Å². The average Bonchev–Trinajstić information content (AvgIpc) is 3.43. The van der Waals surface area contributed by atoms with Crippen LogP contribution in [0.15, 0.2) is 54.6 Å². The zero-order valence-electron chi connectivity index (χ0n) is 16.1. The van der Waals surface area contributed by atoms with Crippen LogP contribution in [-0.2, 0) is 13.1 Å². The first-order valence-electron chi connectivity index (χ1n) is 9.50. The van der Waals surface area contributed by atoms with Crippen molar-refractivity contribution < 1.29 is 9.18 Å². The van der Waals surface area contributed by atoms with Crippen LogP contribution in [0.25, 0.3) is 21.3 Å². The first-order chi connectivity index (χ1) is 14.6. The van der Waals surface area contributed by atoms with Gasteiger partial charge in [0, 0.05) is 5.39 Å². The lowest BCUT2D eigenvalue weighted by Crippen LogP contribution is -2.22. The largest absolute Gasteiger partial charge is 0.344 e. The lowest BCUT2D eigenvalue weighted by molar-refractivity contribution is 0.0954. The number of nitrogens with one attached hydrogen (secondary N) is 2. The Morgan fingerprint density at radius 1 is 1.20 bits per heavy atom. The Kier molecular flexibility index (Phi) is 4.55. The molecule has 3 heterocycles. The van der Waals surface area contributed by atoms with E-state index in [1.807, 2.05) is 41.9 Å². The summed E-state index contributed by atoms with van der Waals surface area (Å²) in [6.07, 6.45) is 0. The number of carbonyl (C=O) groups is 1. The van der Waals surface area contributed by atoms with E-state index in [9.17, 15) is 9.18 Å². The first-order valence-corrected chi connectivity index (χ1v) is 10.3. The highest BCUT2D eigenvalue weighted by Crippen LogP contribution is 2.29. The van der Waals surface area contributed by atoms with Gasteiger partial charge in [-0.15, -0.1) is 11.3 Å². The van der Waals surface area contributed by atoms with Crippen molar-refractivity contribution in [1.82, 2.24) is 25.1 Å². The molecule has 8 heteroatoms. The SMILES string of the molecule is Cc1nn(Cc2ccc(F)cc2)c2sc(C(=O)NCc3nc4ccccc4[nH]3)cc12. The summed E-state index contributed by atoms with van der Waals surface area (Å²) in [7, 11) is 0. The molecule has 0 atom stereocenters. The van der Waals surface area contributed by atoms with Crippen molar-refractivity contribution in [3.05, 3.63) is 82.4 Å². The molecule has 5 aromatic rings. The molecule has 1 amide bonds. The second-order valence-electron chi connectivity index (χ2n) is 7.08. The van der Waals surface area contributed by atoms with Crippen LogP contribution in [0.1, 0.15) is 26.8 Å². The quantitative estimate of drug-likeness (QED) is 0.443. The highest BCUT2D eigenvalue weighted by atomic mass is 32.1. The number of amides is 1. The summed E-state index contributed by atoms with van der Waals surface area (Å²) in [5.41, 5.74) is 3.63. The number of carbonyl (C=O) groups excluding carboxylic acids is 1.